The van der Waals surface area contributed by atoms with Gasteiger partial charge in [0.05, 0.1) is 3.79 Å². The Morgan fingerprint density at radius 3 is 2.71 bits per heavy atom. The van der Waals surface area contributed by atoms with E-state index in [-0.39, 0.29) is 0 Å². The second-order valence-electron chi connectivity index (χ2n) is 2.72. The summed E-state index contributed by atoms with van der Waals surface area (Å²) in [5.41, 5.74) is 0.975. The van der Waals surface area contributed by atoms with Crippen molar-refractivity contribution >= 4 is 37.5 Å². The Labute approximate surface area is 96.2 Å². The van der Waals surface area contributed by atoms with Gasteiger partial charge in [0.25, 0.3) is 10.2 Å². The van der Waals surface area contributed by atoms with Gasteiger partial charge in [0.2, 0.25) is 0 Å². The highest BCUT2D eigenvalue weighted by Gasteiger charge is 2.15. The van der Waals surface area contributed by atoms with Crippen molar-refractivity contribution in [1.29, 1.82) is 0 Å². The fourth-order valence-electron chi connectivity index (χ4n) is 0.927. The highest BCUT2D eigenvalue weighted by Crippen LogP contribution is 2.21. The van der Waals surface area contributed by atoms with Crippen LogP contribution in [0, 0.1) is 0 Å². The Hall–Kier alpha value is 0.0500. The van der Waals surface area contributed by atoms with Gasteiger partial charge >= 0.3 is 0 Å². The van der Waals surface area contributed by atoms with Gasteiger partial charge in [-0.1, -0.05) is 0 Å². The topological polar surface area (TPSA) is 49.4 Å². The molecule has 1 aromatic heterocycles. The first-order valence-corrected chi connectivity index (χ1v) is 6.94. The number of nitrogens with zero attached hydrogens (tertiary/aromatic N) is 1. The lowest BCUT2D eigenvalue weighted by molar-refractivity contribution is 0.460. The molecule has 0 saturated carbocycles. The number of hydrogen-bond donors (Lipinski definition) is 1. The van der Waals surface area contributed by atoms with E-state index >= 15 is 0 Å². The Morgan fingerprint density at radius 2 is 2.29 bits per heavy atom. The first kappa shape index (κ1) is 12.1. The summed E-state index contributed by atoms with van der Waals surface area (Å²) in [6, 6.07) is 1.91. The lowest BCUT2D eigenvalue weighted by atomic mass is 10.3. The van der Waals surface area contributed by atoms with Gasteiger partial charge in [-0.2, -0.15) is 12.7 Å². The third-order valence-corrected chi connectivity index (χ3v) is 4.71. The molecule has 0 radical (unpaired) electrons. The summed E-state index contributed by atoms with van der Waals surface area (Å²) >= 11 is 4.86. The quantitative estimate of drug-likeness (QED) is 0.914. The predicted octanol–water partition coefficient (Wildman–Crippen LogP) is 1.41. The Kier molecular flexibility index (Phi) is 4.08. The molecule has 0 aliphatic heterocycles. The molecular formula is C7H11BrN2O2S2. The minimum absolute atomic E-state index is 0.380. The lowest BCUT2D eigenvalue weighted by Gasteiger charge is -2.14. The molecule has 7 heteroatoms. The van der Waals surface area contributed by atoms with Crippen molar-refractivity contribution in [3.8, 4) is 0 Å². The smallest absolute Gasteiger partial charge is 0.205 e. The van der Waals surface area contributed by atoms with Crippen LogP contribution in [0.25, 0.3) is 0 Å². The molecule has 0 aliphatic carbocycles. The number of halogens is 1. The maximum absolute atomic E-state index is 11.3. The molecule has 0 aromatic carbocycles. The van der Waals surface area contributed by atoms with Crippen LogP contribution in [-0.2, 0) is 16.8 Å². The normalized spacial score (nSPS) is 12.3. The SMILES string of the molecule is CNS(=O)(=O)N(C)Cc1csc(Br)c1. The van der Waals surface area contributed by atoms with E-state index in [0.29, 0.717) is 6.54 Å². The molecule has 1 N–H and O–H groups in total. The predicted molar refractivity (Wildman–Crippen MR) is 61.5 cm³/mol. The third kappa shape index (κ3) is 3.03. The fraction of sp³-hybridized carbons (Fsp3) is 0.429. The zero-order chi connectivity index (χ0) is 10.8. The van der Waals surface area contributed by atoms with E-state index < -0.39 is 10.2 Å². The molecule has 0 amide bonds. The van der Waals surface area contributed by atoms with Crippen LogP contribution in [0.4, 0.5) is 0 Å². The van der Waals surface area contributed by atoms with Crippen molar-refractivity contribution in [3.63, 3.8) is 0 Å². The van der Waals surface area contributed by atoms with E-state index in [0.717, 1.165) is 9.35 Å². The molecular weight excluding hydrogens is 288 g/mol. The molecule has 0 saturated heterocycles. The van der Waals surface area contributed by atoms with E-state index in [9.17, 15) is 8.42 Å². The van der Waals surface area contributed by atoms with Crippen LogP contribution in [0.1, 0.15) is 5.56 Å². The van der Waals surface area contributed by atoms with E-state index in [1.807, 2.05) is 11.4 Å². The minimum atomic E-state index is -3.31. The van der Waals surface area contributed by atoms with Crippen LogP contribution < -0.4 is 4.72 Å². The van der Waals surface area contributed by atoms with Crippen molar-refractivity contribution < 1.29 is 8.42 Å². The van der Waals surface area contributed by atoms with Crippen molar-refractivity contribution in [2.24, 2.45) is 0 Å². The van der Waals surface area contributed by atoms with E-state index in [4.69, 9.17) is 0 Å². The summed E-state index contributed by atoms with van der Waals surface area (Å²) in [5.74, 6) is 0. The molecule has 1 rings (SSSR count). The molecule has 0 spiro atoms. The third-order valence-electron chi connectivity index (χ3n) is 1.70. The first-order valence-electron chi connectivity index (χ1n) is 3.83. The van der Waals surface area contributed by atoms with Crippen molar-refractivity contribution in [2.75, 3.05) is 14.1 Å². The van der Waals surface area contributed by atoms with Crippen LogP contribution >= 0.6 is 27.3 Å². The maximum Gasteiger partial charge on any atom is 0.279 e. The van der Waals surface area contributed by atoms with Gasteiger partial charge in [0.15, 0.2) is 0 Å². The molecule has 1 aromatic rings. The van der Waals surface area contributed by atoms with Gasteiger partial charge in [-0.05, 0) is 32.9 Å². The minimum Gasteiger partial charge on any atom is -0.205 e. The lowest BCUT2D eigenvalue weighted by Crippen LogP contribution is -2.35. The number of rotatable bonds is 4. The van der Waals surface area contributed by atoms with Gasteiger partial charge < -0.3 is 0 Å². The molecule has 0 aliphatic rings. The molecule has 4 nitrogen and oxygen atoms in total. The molecule has 1 heterocycles. The zero-order valence-corrected chi connectivity index (χ0v) is 11.0. The molecule has 0 fully saturated rings. The maximum atomic E-state index is 11.3. The van der Waals surface area contributed by atoms with E-state index in [1.54, 1.807) is 0 Å². The zero-order valence-electron chi connectivity index (χ0n) is 7.82. The van der Waals surface area contributed by atoms with Crippen LogP contribution in [0.15, 0.2) is 15.2 Å². The summed E-state index contributed by atoms with van der Waals surface area (Å²) in [6.45, 7) is 0.380. The highest BCUT2D eigenvalue weighted by molar-refractivity contribution is 9.11. The molecule has 0 unspecified atom stereocenters. The molecule has 0 atom stereocenters. The average molecular weight is 299 g/mol. The van der Waals surface area contributed by atoms with Crippen LogP contribution in [0.5, 0.6) is 0 Å². The van der Waals surface area contributed by atoms with Gasteiger partial charge in [0, 0.05) is 20.6 Å². The van der Waals surface area contributed by atoms with Crippen molar-refractivity contribution in [1.82, 2.24) is 9.03 Å². The fourth-order valence-corrected chi connectivity index (χ4v) is 2.76. The Balaban J connectivity index is 2.71. The highest BCUT2D eigenvalue weighted by atomic mass is 79.9. The number of hydrogen-bond acceptors (Lipinski definition) is 3. The van der Waals surface area contributed by atoms with E-state index in [2.05, 4.69) is 20.7 Å². The summed E-state index contributed by atoms with van der Waals surface area (Å²) in [5, 5.41) is 1.92. The second-order valence-corrected chi connectivity index (χ2v) is 7.00. The van der Waals surface area contributed by atoms with Gasteiger partial charge in [-0.25, -0.2) is 4.72 Å². The molecule has 80 valence electrons. The second kappa shape index (κ2) is 4.71. The van der Waals surface area contributed by atoms with Gasteiger partial charge in [-0.3, -0.25) is 0 Å². The molecule has 0 bridgehead atoms. The number of thiophene rings is 1. The monoisotopic (exact) mass is 298 g/mol. The van der Waals surface area contributed by atoms with Crippen LogP contribution in [0.2, 0.25) is 0 Å². The summed E-state index contributed by atoms with van der Waals surface area (Å²) in [7, 11) is -0.377. The van der Waals surface area contributed by atoms with Crippen LogP contribution in [-0.4, -0.2) is 26.8 Å². The average Bonchev–Trinajstić information content (AvgIpc) is 2.51. The summed E-state index contributed by atoms with van der Waals surface area (Å²) < 4.78 is 27.2. The summed E-state index contributed by atoms with van der Waals surface area (Å²) in [4.78, 5) is 0. The first-order chi connectivity index (χ1) is 6.45. The van der Waals surface area contributed by atoms with Gasteiger partial charge in [-0.15, -0.1) is 11.3 Å². The van der Waals surface area contributed by atoms with E-state index in [1.165, 1.54) is 29.7 Å². The standard InChI is InChI=1S/C7H11BrN2O2S2/c1-9-14(11,12)10(2)4-6-3-7(8)13-5-6/h3,5,9H,4H2,1-2H3. The van der Waals surface area contributed by atoms with Crippen LogP contribution in [0.3, 0.4) is 0 Å². The number of nitrogens with one attached hydrogen (secondary N) is 1. The molecule has 14 heavy (non-hydrogen) atoms. The Morgan fingerprint density at radius 1 is 1.64 bits per heavy atom. The van der Waals surface area contributed by atoms with Crippen molar-refractivity contribution in [2.45, 2.75) is 6.54 Å². The van der Waals surface area contributed by atoms with Gasteiger partial charge in [0.1, 0.15) is 0 Å². The summed E-state index contributed by atoms with van der Waals surface area (Å²) in [6.07, 6.45) is 0. The Bertz CT molecular complexity index is 402. The largest absolute Gasteiger partial charge is 0.279 e. The van der Waals surface area contributed by atoms with Crippen molar-refractivity contribution in [3.05, 3.63) is 20.8 Å².